The average molecular weight is 354 g/mol. The number of fused-ring (bicyclic) bond motifs is 1. The van der Waals surface area contributed by atoms with Crippen molar-refractivity contribution >= 4 is 11.6 Å². The Hall–Kier alpha value is -2.67. The van der Waals surface area contributed by atoms with Gasteiger partial charge in [-0.15, -0.1) is 0 Å². The van der Waals surface area contributed by atoms with Gasteiger partial charge in [0.05, 0.1) is 30.6 Å². The van der Waals surface area contributed by atoms with Crippen molar-refractivity contribution in [3.8, 4) is 0 Å². The minimum absolute atomic E-state index is 0.0664. The summed E-state index contributed by atoms with van der Waals surface area (Å²) in [4.78, 5) is 17.4. The van der Waals surface area contributed by atoms with Gasteiger partial charge >= 0.3 is 0 Å². The number of aromatic nitrogens is 3. The molecule has 26 heavy (non-hydrogen) atoms. The Labute approximate surface area is 151 Å². The third-order valence-electron chi connectivity index (χ3n) is 4.83. The molecule has 136 valence electrons. The van der Waals surface area contributed by atoms with Crippen molar-refractivity contribution in [1.82, 2.24) is 19.9 Å². The van der Waals surface area contributed by atoms with Crippen LogP contribution >= 0.6 is 0 Å². The lowest BCUT2D eigenvalue weighted by Gasteiger charge is -2.18. The number of hydrogen-bond acceptors (Lipinski definition) is 5. The zero-order valence-corrected chi connectivity index (χ0v) is 15.2. The number of aryl methyl sites for hydroxylation is 3. The predicted octanol–water partition coefficient (Wildman–Crippen LogP) is 2.24. The molecule has 1 N–H and O–H groups in total. The first-order chi connectivity index (χ1) is 12.5. The van der Waals surface area contributed by atoms with E-state index in [9.17, 15) is 4.79 Å². The first-order valence-corrected chi connectivity index (χ1v) is 8.77. The van der Waals surface area contributed by atoms with Crippen LogP contribution in [0.2, 0.25) is 0 Å². The molecule has 7 heteroatoms. The number of ether oxygens (including phenoxy) is 1. The lowest BCUT2D eigenvalue weighted by molar-refractivity contribution is 0.0918. The van der Waals surface area contributed by atoms with Crippen LogP contribution in [0.3, 0.4) is 0 Å². The molecule has 1 saturated heterocycles. The molecule has 0 aromatic carbocycles. The van der Waals surface area contributed by atoms with Crippen LogP contribution in [0, 0.1) is 26.7 Å². The Balaban J connectivity index is 1.53. The van der Waals surface area contributed by atoms with E-state index in [1.54, 1.807) is 0 Å². The molecule has 1 aliphatic rings. The van der Waals surface area contributed by atoms with Crippen molar-refractivity contribution < 1.29 is 14.1 Å². The summed E-state index contributed by atoms with van der Waals surface area (Å²) >= 11 is 0. The van der Waals surface area contributed by atoms with Gasteiger partial charge in [-0.1, -0.05) is 5.16 Å². The maximum atomic E-state index is 12.9. The quantitative estimate of drug-likeness (QED) is 0.777. The summed E-state index contributed by atoms with van der Waals surface area (Å²) in [6.07, 6.45) is 2.58. The Bertz CT molecular complexity index is 959. The van der Waals surface area contributed by atoms with E-state index < -0.39 is 0 Å². The van der Waals surface area contributed by atoms with Gasteiger partial charge in [0.2, 0.25) is 0 Å². The summed E-state index contributed by atoms with van der Waals surface area (Å²) in [6.45, 7) is 6.85. The van der Waals surface area contributed by atoms with Crippen molar-refractivity contribution in [1.29, 1.82) is 0 Å². The van der Waals surface area contributed by atoms with E-state index >= 15 is 0 Å². The second-order valence-electron chi connectivity index (χ2n) is 6.99. The standard InChI is InChI=1S/C19H22N4O3/c1-11-4-5-23-17(6-11)20-13(3)18(23)19(24)21-16-10-25-9-14(16)8-15-7-12(2)22-26-15/h4-7,14,16H,8-10H2,1-3H3,(H,21,24)/t14-,16+/m0/s1. The molecule has 1 amide bonds. The third-order valence-corrected chi connectivity index (χ3v) is 4.83. The molecule has 2 atom stereocenters. The molecule has 4 heterocycles. The van der Waals surface area contributed by atoms with E-state index in [2.05, 4.69) is 15.5 Å². The zero-order chi connectivity index (χ0) is 18.3. The highest BCUT2D eigenvalue weighted by molar-refractivity contribution is 5.94. The molecule has 0 unspecified atom stereocenters. The Kier molecular flexibility index (Phi) is 4.24. The number of hydrogen-bond donors (Lipinski definition) is 1. The second kappa shape index (κ2) is 6.57. The first kappa shape index (κ1) is 16.8. The summed E-state index contributed by atoms with van der Waals surface area (Å²) in [6, 6.07) is 5.80. The summed E-state index contributed by atoms with van der Waals surface area (Å²) < 4.78 is 12.7. The maximum absolute atomic E-state index is 12.9. The molecular formula is C19H22N4O3. The predicted molar refractivity (Wildman–Crippen MR) is 95.2 cm³/mol. The van der Waals surface area contributed by atoms with Gasteiger partial charge < -0.3 is 14.6 Å². The topological polar surface area (TPSA) is 81.7 Å². The minimum atomic E-state index is -0.131. The van der Waals surface area contributed by atoms with E-state index in [1.807, 2.05) is 49.6 Å². The highest BCUT2D eigenvalue weighted by Gasteiger charge is 2.32. The molecule has 7 nitrogen and oxygen atoms in total. The number of carbonyl (C=O) groups excluding carboxylic acids is 1. The SMILES string of the molecule is Cc1ccn2c(C(=O)N[C@@H]3COC[C@@H]3Cc3cc(C)no3)c(C)nc2c1. The zero-order valence-electron chi connectivity index (χ0n) is 15.2. The van der Waals surface area contributed by atoms with E-state index in [4.69, 9.17) is 9.26 Å². The maximum Gasteiger partial charge on any atom is 0.270 e. The van der Waals surface area contributed by atoms with E-state index in [1.165, 1.54) is 0 Å². The van der Waals surface area contributed by atoms with Crippen molar-refractivity contribution in [2.75, 3.05) is 13.2 Å². The van der Waals surface area contributed by atoms with Crippen LogP contribution in [0.5, 0.6) is 0 Å². The molecule has 0 bridgehead atoms. The van der Waals surface area contributed by atoms with Gasteiger partial charge in [-0.3, -0.25) is 9.20 Å². The van der Waals surface area contributed by atoms with Crippen molar-refractivity contribution in [2.45, 2.75) is 33.2 Å². The lowest BCUT2D eigenvalue weighted by atomic mass is 9.98. The van der Waals surface area contributed by atoms with Crippen molar-refractivity contribution in [3.05, 3.63) is 52.8 Å². The van der Waals surface area contributed by atoms with Crippen molar-refractivity contribution in [3.63, 3.8) is 0 Å². The Morgan fingerprint density at radius 1 is 1.31 bits per heavy atom. The highest BCUT2D eigenvalue weighted by Crippen LogP contribution is 2.21. The molecular weight excluding hydrogens is 332 g/mol. The molecule has 4 rings (SSSR count). The van der Waals surface area contributed by atoms with Crippen LogP contribution in [0.25, 0.3) is 5.65 Å². The van der Waals surface area contributed by atoms with E-state index in [0.717, 1.165) is 28.4 Å². The fraction of sp³-hybridized carbons (Fsp3) is 0.421. The van der Waals surface area contributed by atoms with Crippen molar-refractivity contribution in [2.24, 2.45) is 5.92 Å². The summed E-state index contributed by atoms with van der Waals surface area (Å²) in [5.41, 5.74) is 4.04. The van der Waals surface area contributed by atoms with Crippen LogP contribution in [-0.2, 0) is 11.2 Å². The third kappa shape index (κ3) is 3.10. The number of carbonyl (C=O) groups is 1. The number of rotatable bonds is 4. The Morgan fingerprint density at radius 2 is 2.15 bits per heavy atom. The number of pyridine rings is 1. The fourth-order valence-electron chi connectivity index (χ4n) is 3.50. The molecule has 0 saturated carbocycles. The van der Waals surface area contributed by atoms with Crippen LogP contribution < -0.4 is 5.32 Å². The van der Waals surface area contributed by atoms with Gasteiger partial charge in [0, 0.05) is 24.6 Å². The van der Waals surface area contributed by atoms with Crippen LogP contribution in [-0.4, -0.2) is 39.7 Å². The van der Waals surface area contributed by atoms with Gasteiger partial charge in [-0.25, -0.2) is 4.98 Å². The molecule has 0 aliphatic carbocycles. The molecule has 1 aliphatic heterocycles. The Morgan fingerprint density at radius 3 is 2.92 bits per heavy atom. The van der Waals surface area contributed by atoms with Crippen LogP contribution in [0.1, 0.15) is 33.2 Å². The molecule has 0 radical (unpaired) electrons. The summed E-state index contributed by atoms with van der Waals surface area (Å²) in [7, 11) is 0. The van der Waals surface area contributed by atoms with Crippen LogP contribution in [0.15, 0.2) is 28.9 Å². The van der Waals surface area contributed by atoms with Gasteiger partial charge in [-0.2, -0.15) is 0 Å². The fourth-order valence-corrected chi connectivity index (χ4v) is 3.50. The van der Waals surface area contributed by atoms with E-state index in [-0.39, 0.29) is 17.9 Å². The van der Waals surface area contributed by atoms with Gasteiger partial charge in [0.15, 0.2) is 0 Å². The lowest BCUT2D eigenvalue weighted by Crippen LogP contribution is -2.41. The minimum Gasteiger partial charge on any atom is -0.379 e. The van der Waals surface area contributed by atoms with Gasteiger partial charge in [0.1, 0.15) is 17.1 Å². The van der Waals surface area contributed by atoms with Crippen LogP contribution in [0.4, 0.5) is 0 Å². The average Bonchev–Trinajstić information content (AvgIpc) is 3.27. The number of nitrogens with one attached hydrogen (secondary N) is 1. The normalized spacial score (nSPS) is 20.0. The molecule has 1 fully saturated rings. The summed E-state index contributed by atoms with van der Waals surface area (Å²) in [5.74, 6) is 0.847. The molecule has 0 spiro atoms. The smallest absolute Gasteiger partial charge is 0.270 e. The van der Waals surface area contributed by atoms with Gasteiger partial charge in [0.25, 0.3) is 5.91 Å². The summed E-state index contributed by atoms with van der Waals surface area (Å²) in [5, 5.41) is 7.04. The molecule has 3 aromatic rings. The number of imidazole rings is 1. The van der Waals surface area contributed by atoms with Gasteiger partial charge in [-0.05, 0) is 38.5 Å². The monoisotopic (exact) mass is 354 g/mol. The largest absolute Gasteiger partial charge is 0.379 e. The molecule has 3 aromatic heterocycles. The van der Waals surface area contributed by atoms with E-state index in [0.29, 0.717) is 25.3 Å². The number of amides is 1. The first-order valence-electron chi connectivity index (χ1n) is 8.77. The number of nitrogens with zero attached hydrogens (tertiary/aromatic N) is 3. The second-order valence-corrected chi connectivity index (χ2v) is 6.99. The highest BCUT2D eigenvalue weighted by atomic mass is 16.5.